The van der Waals surface area contributed by atoms with Gasteiger partial charge in [0.1, 0.15) is 6.23 Å². The van der Waals surface area contributed by atoms with Gasteiger partial charge >= 0.3 is 0 Å². The van der Waals surface area contributed by atoms with Gasteiger partial charge < -0.3 is 15.0 Å². The number of nitrogens with one attached hydrogen (secondary N) is 1. The molecular formula is C20H22Br2N2O. The molecule has 0 unspecified atom stereocenters. The first-order valence-electron chi connectivity index (χ1n) is 8.93. The normalized spacial score (nSPS) is 17.4. The van der Waals surface area contributed by atoms with Gasteiger partial charge in [-0.05, 0) is 49.2 Å². The molecule has 0 radical (unpaired) electrons. The standard InChI is InChI=1S/C20H22Br2N2O/c21-13-6-8-18-16(10-13)17-11-14(22)7-9-19(17)24(18)20(25)12-23-15-4-2-1-3-5-15/h6-11,15,20,23,25H,1-5,12H2/t20-/m0/s1. The number of benzene rings is 2. The first-order chi connectivity index (χ1) is 12.1. The number of halogens is 2. The number of aliphatic hydroxyl groups is 1. The summed E-state index contributed by atoms with van der Waals surface area (Å²) in [6.45, 7) is 0.579. The van der Waals surface area contributed by atoms with Crippen LogP contribution in [0.25, 0.3) is 21.8 Å². The van der Waals surface area contributed by atoms with Crippen LogP contribution in [0, 0.1) is 0 Å². The zero-order valence-electron chi connectivity index (χ0n) is 14.0. The molecule has 2 aromatic carbocycles. The number of aromatic nitrogens is 1. The van der Waals surface area contributed by atoms with Gasteiger partial charge in [0.15, 0.2) is 0 Å². The highest BCUT2D eigenvalue weighted by Crippen LogP contribution is 2.34. The minimum Gasteiger partial charge on any atom is -0.372 e. The second-order valence-corrected chi connectivity index (χ2v) is 8.75. The summed E-state index contributed by atoms with van der Waals surface area (Å²) in [4.78, 5) is 0. The SMILES string of the molecule is O[C@@H](CNC1CCCCC1)n1c2ccc(Br)cc2c2cc(Br)ccc21. The number of fused-ring (bicyclic) bond motifs is 3. The molecule has 132 valence electrons. The maximum atomic E-state index is 11.0. The van der Waals surface area contributed by atoms with E-state index in [4.69, 9.17) is 0 Å². The topological polar surface area (TPSA) is 37.2 Å². The summed E-state index contributed by atoms with van der Waals surface area (Å²) in [5.41, 5.74) is 2.13. The number of rotatable bonds is 4. The molecule has 1 aliphatic carbocycles. The van der Waals surface area contributed by atoms with Crippen LogP contribution >= 0.6 is 31.9 Å². The summed E-state index contributed by atoms with van der Waals surface area (Å²) >= 11 is 7.14. The lowest BCUT2D eigenvalue weighted by Gasteiger charge is -2.25. The van der Waals surface area contributed by atoms with E-state index in [0.29, 0.717) is 12.6 Å². The Labute approximate surface area is 164 Å². The van der Waals surface area contributed by atoms with E-state index in [2.05, 4.69) is 66.0 Å². The lowest BCUT2D eigenvalue weighted by atomic mass is 9.95. The number of hydrogen-bond donors (Lipinski definition) is 2. The van der Waals surface area contributed by atoms with Crippen molar-refractivity contribution in [3.05, 3.63) is 45.3 Å². The van der Waals surface area contributed by atoms with Crippen LogP contribution in [0.15, 0.2) is 45.3 Å². The van der Waals surface area contributed by atoms with Gasteiger partial charge in [0.25, 0.3) is 0 Å². The van der Waals surface area contributed by atoms with Gasteiger partial charge in [0.2, 0.25) is 0 Å². The Bertz CT molecular complexity index is 840. The van der Waals surface area contributed by atoms with Gasteiger partial charge in [-0.15, -0.1) is 0 Å². The van der Waals surface area contributed by atoms with Gasteiger partial charge in [-0.1, -0.05) is 51.1 Å². The molecule has 1 fully saturated rings. The third kappa shape index (κ3) is 3.52. The zero-order chi connectivity index (χ0) is 17.4. The van der Waals surface area contributed by atoms with E-state index >= 15 is 0 Å². The average molecular weight is 466 g/mol. The molecule has 0 saturated heterocycles. The minimum absolute atomic E-state index is 0.541. The molecule has 1 atom stereocenters. The fraction of sp³-hybridized carbons (Fsp3) is 0.400. The molecule has 0 aliphatic heterocycles. The first-order valence-corrected chi connectivity index (χ1v) is 10.5. The third-order valence-electron chi connectivity index (χ3n) is 5.22. The van der Waals surface area contributed by atoms with E-state index in [0.717, 1.165) is 30.8 Å². The summed E-state index contributed by atoms with van der Waals surface area (Å²) in [6.07, 6.45) is 5.80. The fourth-order valence-corrected chi connectivity index (χ4v) is 4.71. The predicted octanol–water partition coefficient (Wildman–Crippen LogP) is 5.73. The molecule has 1 aromatic heterocycles. The molecule has 25 heavy (non-hydrogen) atoms. The Hall–Kier alpha value is -0.880. The summed E-state index contributed by atoms with van der Waals surface area (Å²) in [5.74, 6) is 0. The maximum Gasteiger partial charge on any atom is 0.143 e. The molecule has 1 aliphatic rings. The van der Waals surface area contributed by atoms with Gasteiger partial charge in [0, 0.05) is 32.3 Å². The van der Waals surface area contributed by atoms with Crippen molar-refractivity contribution in [1.29, 1.82) is 0 Å². The predicted molar refractivity (Wildman–Crippen MR) is 111 cm³/mol. The van der Waals surface area contributed by atoms with Crippen LogP contribution in [0.3, 0.4) is 0 Å². The van der Waals surface area contributed by atoms with Gasteiger partial charge in [0.05, 0.1) is 11.0 Å². The second kappa shape index (κ2) is 7.39. The van der Waals surface area contributed by atoms with E-state index in [1.165, 1.54) is 32.1 Å². The lowest BCUT2D eigenvalue weighted by Crippen LogP contribution is -2.35. The monoisotopic (exact) mass is 464 g/mol. The van der Waals surface area contributed by atoms with Crippen molar-refractivity contribution in [2.45, 2.75) is 44.4 Å². The highest BCUT2D eigenvalue weighted by atomic mass is 79.9. The number of hydrogen-bond acceptors (Lipinski definition) is 2. The molecule has 5 heteroatoms. The van der Waals surface area contributed by atoms with E-state index in [-0.39, 0.29) is 0 Å². The van der Waals surface area contributed by atoms with Crippen molar-refractivity contribution >= 4 is 53.7 Å². The Kier molecular flexibility index (Phi) is 5.18. The Morgan fingerprint density at radius 2 is 1.52 bits per heavy atom. The van der Waals surface area contributed by atoms with Crippen LogP contribution < -0.4 is 5.32 Å². The first kappa shape index (κ1) is 17.5. The Morgan fingerprint density at radius 3 is 2.08 bits per heavy atom. The van der Waals surface area contributed by atoms with E-state index in [1.54, 1.807) is 0 Å². The van der Waals surface area contributed by atoms with Crippen molar-refractivity contribution in [1.82, 2.24) is 9.88 Å². The maximum absolute atomic E-state index is 11.0. The van der Waals surface area contributed by atoms with E-state index in [1.807, 2.05) is 12.1 Å². The van der Waals surface area contributed by atoms with Crippen LogP contribution in [0.4, 0.5) is 0 Å². The van der Waals surface area contributed by atoms with E-state index in [9.17, 15) is 5.11 Å². The highest BCUT2D eigenvalue weighted by molar-refractivity contribution is 9.10. The molecule has 4 rings (SSSR count). The molecular weight excluding hydrogens is 444 g/mol. The zero-order valence-corrected chi connectivity index (χ0v) is 17.2. The van der Waals surface area contributed by atoms with Crippen molar-refractivity contribution in [2.75, 3.05) is 6.54 Å². The average Bonchev–Trinajstić information content (AvgIpc) is 2.93. The molecule has 1 heterocycles. The molecule has 0 spiro atoms. The summed E-state index contributed by atoms with van der Waals surface area (Å²) in [6, 6.07) is 13.0. The van der Waals surface area contributed by atoms with Crippen molar-refractivity contribution in [3.63, 3.8) is 0 Å². The molecule has 3 aromatic rings. The van der Waals surface area contributed by atoms with Crippen LogP contribution in [0.5, 0.6) is 0 Å². The molecule has 3 nitrogen and oxygen atoms in total. The number of nitrogens with zero attached hydrogens (tertiary/aromatic N) is 1. The Balaban J connectivity index is 1.71. The summed E-state index contributed by atoms with van der Waals surface area (Å²) < 4.78 is 4.15. The van der Waals surface area contributed by atoms with Gasteiger partial charge in [-0.3, -0.25) is 0 Å². The van der Waals surface area contributed by atoms with E-state index < -0.39 is 6.23 Å². The summed E-state index contributed by atoms with van der Waals surface area (Å²) in [7, 11) is 0. The highest BCUT2D eigenvalue weighted by Gasteiger charge is 2.19. The molecule has 1 saturated carbocycles. The van der Waals surface area contributed by atoms with Gasteiger partial charge in [-0.25, -0.2) is 0 Å². The Morgan fingerprint density at radius 1 is 0.960 bits per heavy atom. The van der Waals surface area contributed by atoms with Crippen molar-refractivity contribution < 1.29 is 5.11 Å². The quantitative estimate of drug-likeness (QED) is 0.516. The third-order valence-corrected chi connectivity index (χ3v) is 6.21. The smallest absolute Gasteiger partial charge is 0.143 e. The van der Waals surface area contributed by atoms with Crippen LogP contribution in [-0.2, 0) is 0 Å². The molecule has 2 N–H and O–H groups in total. The van der Waals surface area contributed by atoms with Crippen molar-refractivity contribution in [2.24, 2.45) is 0 Å². The van der Waals surface area contributed by atoms with Crippen LogP contribution in [0.2, 0.25) is 0 Å². The molecule has 0 bridgehead atoms. The molecule has 0 amide bonds. The van der Waals surface area contributed by atoms with Crippen molar-refractivity contribution in [3.8, 4) is 0 Å². The second-order valence-electron chi connectivity index (χ2n) is 6.92. The fourth-order valence-electron chi connectivity index (χ4n) is 3.99. The van der Waals surface area contributed by atoms with Crippen LogP contribution in [0.1, 0.15) is 38.3 Å². The summed E-state index contributed by atoms with van der Waals surface area (Å²) in [5, 5.41) is 16.8. The van der Waals surface area contributed by atoms with Gasteiger partial charge in [-0.2, -0.15) is 0 Å². The van der Waals surface area contributed by atoms with Crippen LogP contribution in [-0.4, -0.2) is 22.3 Å². The number of aliphatic hydroxyl groups excluding tert-OH is 1. The minimum atomic E-state index is -0.579. The largest absolute Gasteiger partial charge is 0.372 e. The lowest BCUT2D eigenvalue weighted by molar-refractivity contribution is 0.105.